The van der Waals surface area contributed by atoms with Gasteiger partial charge in [-0.05, 0) is 35.6 Å². The van der Waals surface area contributed by atoms with E-state index in [-0.39, 0.29) is 5.38 Å². The topological polar surface area (TPSA) is 12.9 Å². The van der Waals surface area contributed by atoms with Crippen molar-refractivity contribution in [3.05, 3.63) is 52.5 Å². The van der Waals surface area contributed by atoms with E-state index in [1.165, 1.54) is 10.4 Å². The molecule has 1 atom stereocenters. The van der Waals surface area contributed by atoms with E-state index in [4.69, 9.17) is 11.6 Å². The summed E-state index contributed by atoms with van der Waals surface area (Å²) >= 11 is 7.97. The quantitative estimate of drug-likeness (QED) is 0.724. The summed E-state index contributed by atoms with van der Waals surface area (Å²) < 4.78 is 0. The molecule has 0 aliphatic heterocycles. The Bertz CT molecular complexity index is 371. The molecule has 0 aliphatic carbocycles. The fourth-order valence-corrected chi connectivity index (χ4v) is 2.40. The Hall–Kier alpha value is -0.860. The highest BCUT2D eigenvalue weighted by Crippen LogP contribution is 2.28. The second-order valence-corrected chi connectivity index (χ2v) is 4.55. The first kappa shape index (κ1) is 9.69. The van der Waals surface area contributed by atoms with Crippen LogP contribution in [0.5, 0.6) is 0 Å². The van der Waals surface area contributed by atoms with Crippen molar-refractivity contribution in [2.24, 2.45) is 0 Å². The van der Waals surface area contributed by atoms with Gasteiger partial charge in [0.1, 0.15) is 0 Å². The van der Waals surface area contributed by atoms with E-state index < -0.39 is 0 Å². The normalized spacial score (nSPS) is 12.6. The van der Waals surface area contributed by atoms with Gasteiger partial charge in [-0.2, -0.15) is 0 Å². The summed E-state index contributed by atoms with van der Waals surface area (Å²) in [5.74, 6) is 0. The zero-order chi connectivity index (χ0) is 9.80. The van der Waals surface area contributed by atoms with Crippen LogP contribution in [0.1, 0.15) is 15.8 Å². The van der Waals surface area contributed by atoms with Crippen LogP contribution >= 0.6 is 22.9 Å². The molecule has 0 saturated carbocycles. The summed E-state index contributed by atoms with van der Waals surface area (Å²) in [5.41, 5.74) is 1.23. The number of aromatic nitrogens is 1. The van der Waals surface area contributed by atoms with E-state index in [9.17, 15) is 0 Å². The van der Waals surface area contributed by atoms with Gasteiger partial charge in [0, 0.05) is 17.3 Å². The number of halogens is 1. The highest BCUT2D eigenvalue weighted by molar-refractivity contribution is 7.10. The van der Waals surface area contributed by atoms with Gasteiger partial charge in [0.25, 0.3) is 0 Å². The number of rotatable bonds is 3. The van der Waals surface area contributed by atoms with Crippen molar-refractivity contribution in [3.8, 4) is 0 Å². The Kier molecular flexibility index (Phi) is 3.17. The molecule has 0 bridgehead atoms. The van der Waals surface area contributed by atoms with Crippen molar-refractivity contribution >= 4 is 22.9 Å². The molecule has 0 amide bonds. The third-order valence-electron chi connectivity index (χ3n) is 2.02. The van der Waals surface area contributed by atoms with Gasteiger partial charge in [-0.15, -0.1) is 22.9 Å². The number of pyridine rings is 1. The van der Waals surface area contributed by atoms with Crippen LogP contribution in [-0.4, -0.2) is 4.98 Å². The average molecular weight is 224 g/mol. The Morgan fingerprint density at radius 2 is 2.07 bits per heavy atom. The maximum Gasteiger partial charge on any atom is 0.0718 e. The minimum atomic E-state index is 0.0809. The second-order valence-electron chi connectivity index (χ2n) is 3.04. The maximum absolute atomic E-state index is 6.27. The molecule has 0 radical (unpaired) electrons. The van der Waals surface area contributed by atoms with Gasteiger partial charge < -0.3 is 0 Å². The van der Waals surface area contributed by atoms with Crippen molar-refractivity contribution in [1.29, 1.82) is 0 Å². The first-order chi connectivity index (χ1) is 6.86. The smallest absolute Gasteiger partial charge is 0.0718 e. The Balaban J connectivity index is 2.06. The molecule has 0 N–H and O–H groups in total. The zero-order valence-electron chi connectivity index (χ0n) is 7.56. The summed E-state index contributed by atoms with van der Waals surface area (Å²) in [6, 6.07) is 8.11. The third-order valence-corrected chi connectivity index (χ3v) is 3.52. The first-order valence-corrected chi connectivity index (χ1v) is 5.74. The maximum atomic E-state index is 6.27. The number of thiophene rings is 1. The molecule has 2 aromatic rings. The van der Waals surface area contributed by atoms with Gasteiger partial charge >= 0.3 is 0 Å². The highest BCUT2D eigenvalue weighted by atomic mass is 35.5. The van der Waals surface area contributed by atoms with Gasteiger partial charge in [0.15, 0.2) is 0 Å². The Labute approximate surface area is 92.4 Å². The lowest BCUT2D eigenvalue weighted by Gasteiger charge is -2.06. The average Bonchev–Trinajstić information content (AvgIpc) is 2.72. The van der Waals surface area contributed by atoms with E-state index in [1.54, 1.807) is 23.7 Å². The molecule has 0 fully saturated rings. The van der Waals surface area contributed by atoms with Gasteiger partial charge in [0.2, 0.25) is 0 Å². The van der Waals surface area contributed by atoms with Crippen LogP contribution in [-0.2, 0) is 6.42 Å². The van der Waals surface area contributed by atoms with Crippen LogP contribution < -0.4 is 0 Å². The summed E-state index contributed by atoms with van der Waals surface area (Å²) in [7, 11) is 0. The molecule has 2 aromatic heterocycles. The van der Waals surface area contributed by atoms with Gasteiger partial charge in [-0.25, -0.2) is 0 Å². The Morgan fingerprint density at radius 3 is 2.71 bits per heavy atom. The van der Waals surface area contributed by atoms with E-state index in [0.29, 0.717) is 0 Å². The second kappa shape index (κ2) is 4.58. The van der Waals surface area contributed by atoms with E-state index >= 15 is 0 Å². The molecule has 0 spiro atoms. The van der Waals surface area contributed by atoms with Gasteiger partial charge in [0.05, 0.1) is 5.38 Å². The van der Waals surface area contributed by atoms with Crippen molar-refractivity contribution in [2.45, 2.75) is 11.8 Å². The molecule has 14 heavy (non-hydrogen) atoms. The molecule has 0 saturated heterocycles. The number of hydrogen-bond acceptors (Lipinski definition) is 2. The SMILES string of the molecule is ClC(Cc1ccncc1)c1cccs1. The fourth-order valence-electron chi connectivity index (χ4n) is 1.30. The molecular weight excluding hydrogens is 214 g/mol. The number of nitrogens with zero attached hydrogens (tertiary/aromatic N) is 1. The summed E-state index contributed by atoms with van der Waals surface area (Å²) in [6.45, 7) is 0. The summed E-state index contributed by atoms with van der Waals surface area (Å²) in [6.07, 6.45) is 4.46. The van der Waals surface area contributed by atoms with E-state index in [0.717, 1.165) is 6.42 Å². The molecule has 0 aliphatic rings. The predicted octanol–water partition coefficient (Wildman–Crippen LogP) is 3.67. The van der Waals surface area contributed by atoms with Gasteiger partial charge in [-0.3, -0.25) is 4.98 Å². The molecule has 1 nitrogen and oxygen atoms in total. The largest absolute Gasteiger partial charge is 0.265 e. The zero-order valence-corrected chi connectivity index (χ0v) is 9.13. The van der Waals surface area contributed by atoms with Crippen molar-refractivity contribution in [3.63, 3.8) is 0 Å². The Morgan fingerprint density at radius 1 is 1.29 bits per heavy atom. The first-order valence-electron chi connectivity index (χ1n) is 4.42. The lowest BCUT2D eigenvalue weighted by Crippen LogP contribution is -1.93. The van der Waals surface area contributed by atoms with Crippen LogP contribution in [0.2, 0.25) is 0 Å². The monoisotopic (exact) mass is 223 g/mol. The number of hydrogen-bond donors (Lipinski definition) is 0. The van der Waals surface area contributed by atoms with E-state index in [2.05, 4.69) is 16.4 Å². The molecule has 2 heterocycles. The highest BCUT2D eigenvalue weighted by Gasteiger charge is 2.09. The molecular formula is C11H10ClNS. The molecule has 3 heteroatoms. The summed E-state index contributed by atoms with van der Waals surface area (Å²) in [4.78, 5) is 5.20. The molecule has 0 aromatic carbocycles. The van der Waals surface area contributed by atoms with Crippen LogP contribution in [0.15, 0.2) is 42.0 Å². The van der Waals surface area contributed by atoms with Crippen molar-refractivity contribution < 1.29 is 0 Å². The molecule has 2 rings (SSSR count). The lowest BCUT2D eigenvalue weighted by molar-refractivity contribution is 0.936. The standard InChI is InChI=1S/C11H10ClNS/c12-10(11-2-1-7-14-11)8-9-3-5-13-6-4-9/h1-7,10H,8H2. The minimum Gasteiger partial charge on any atom is -0.265 e. The van der Waals surface area contributed by atoms with Crippen molar-refractivity contribution in [2.75, 3.05) is 0 Å². The fraction of sp³-hybridized carbons (Fsp3) is 0.182. The molecule has 1 unspecified atom stereocenters. The van der Waals surface area contributed by atoms with Crippen molar-refractivity contribution in [1.82, 2.24) is 4.98 Å². The van der Waals surface area contributed by atoms with E-state index in [1.807, 2.05) is 18.2 Å². The minimum absolute atomic E-state index is 0.0809. The predicted molar refractivity (Wildman–Crippen MR) is 60.9 cm³/mol. The molecule has 72 valence electrons. The van der Waals surface area contributed by atoms with Crippen LogP contribution in [0.3, 0.4) is 0 Å². The van der Waals surface area contributed by atoms with Crippen LogP contribution in [0, 0.1) is 0 Å². The lowest BCUT2D eigenvalue weighted by atomic mass is 10.1. The summed E-state index contributed by atoms with van der Waals surface area (Å²) in [5, 5.41) is 2.13. The number of alkyl halides is 1. The van der Waals surface area contributed by atoms with Crippen LogP contribution in [0.25, 0.3) is 0 Å². The van der Waals surface area contributed by atoms with Gasteiger partial charge in [-0.1, -0.05) is 6.07 Å². The van der Waals surface area contributed by atoms with Crippen LogP contribution in [0.4, 0.5) is 0 Å². The third kappa shape index (κ3) is 2.34.